The molecule has 0 amide bonds. The fraction of sp³-hybridized carbons (Fsp3) is 0.867. The van der Waals surface area contributed by atoms with E-state index in [2.05, 4.69) is 20.4 Å². The molecule has 6 unspecified atom stereocenters. The zero-order valence-corrected chi connectivity index (χ0v) is 11.4. The summed E-state index contributed by atoms with van der Waals surface area (Å²) in [7, 11) is 0. The van der Waals surface area contributed by atoms with Crippen molar-refractivity contribution in [2.24, 2.45) is 17.3 Å². The minimum absolute atomic E-state index is 0.156. The van der Waals surface area contributed by atoms with Crippen LogP contribution < -0.4 is 0 Å². The van der Waals surface area contributed by atoms with Gasteiger partial charge in [0.15, 0.2) is 0 Å². The van der Waals surface area contributed by atoms with Gasteiger partial charge in [-0.15, -0.1) is 0 Å². The van der Waals surface area contributed by atoms with E-state index in [4.69, 9.17) is 9.84 Å². The molecule has 6 atom stereocenters. The van der Waals surface area contributed by atoms with Crippen LogP contribution in [-0.2, 0) is 4.74 Å². The van der Waals surface area contributed by atoms with Crippen molar-refractivity contribution >= 4 is 0 Å². The van der Waals surface area contributed by atoms with Crippen LogP contribution >= 0.6 is 0 Å². The van der Waals surface area contributed by atoms with Crippen molar-refractivity contribution in [3.8, 4) is 0 Å². The van der Waals surface area contributed by atoms with E-state index < -0.39 is 11.7 Å². The molecule has 3 rings (SSSR count). The second-order valence-electron chi connectivity index (χ2n) is 6.77. The maximum atomic E-state index is 10.4. The van der Waals surface area contributed by atoms with Gasteiger partial charge in [-0.3, -0.25) is 0 Å². The number of rotatable bonds is 3. The Morgan fingerprint density at radius 2 is 2.22 bits per heavy atom. The third-order valence-corrected chi connectivity index (χ3v) is 6.04. The molecule has 3 nitrogen and oxygen atoms in total. The molecule has 0 aromatic carbocycles. The van der Waals surface area contributed by atoms with Gasteiger partial charge in [0.2, 0.25) is 0 Å². The lowest BCUT2D eigenvalue weighted by molar-refractivity contribution is -0.00399. The van der Waals surface area contributed by atoms with E-state index in [-0.39, 0.29) is 18.1 Å². The SMILES string of the molecule is C=C(CO)C(O)C12CC3CCCC(C)C3(C)C1O2. The van der Waals surface area contributed by atoms with Gasteiger partial charge < -0.3 is 14.9 Å². The van der Waals surface area contributed by atoms with Crippen LogP contribution in [0.1, 0.15) is 39.5 Å². The molecule has 3 fully saturated rings. The third-order valence-electron chi connectivity index (χ3n) is 6.04. The van der Waals surface area contributed by atoms with Crippen molar-refractivity contribution in [3.05, 3.63) is 12.2 Å². The summed E-state index contributed by atoms with van der Waals surface area (Å²) in [6.07, 6.45) is 4.19. The van der Waals surface area contributed by atoms with Crippen molar-refractivity contribution in [2.75, 3.05) is 6.61 Å². The molecule has 0 radical (unpaired) electrons. The normalized spacial score (nSPS) is 51.4. The Hall–Kier alpha value is -0.380. The van der Waals surface area contributed by atoms with E-state index in [0.29, 0.717) is 17.4 Å². The molecule has 102 valence electrons. The van der Waals surface area contributed by atoms with Crippen molar-refractivity contribution < 1.29 is 14.9 Å². The average molecular weight is 252 g/mol. The summed E-state index contributed by atoms with van der Waals surface area (Å²) in [4.78, 5) is 0. The minimum atomic E-state index is -0.706. The Balaban J connectivity index is 1.87. The second kappa shape index (κ2) is 3.81. The van der Waals surface area contributed by atoms with E-state index in [1.807, 2.05) is 0 Å². The quantitative estimate of drug-likeness (QED) is 0.595. The third kappa shape index (κ3) is 1.36. The van der Waals surface area contributed by atoms with Crippen LogP contribution in [0.5, 0.6) is 0 Å². The van der Waals surface area contributed by atoms with Crippen LogP contribution in [-0.4, -0.2) is 34.6 Å². The van der Waals surface area contributed by atoms with E-state index in [9.17, 15) is 5.11 Å². The highest BCUT2D eigenvalue weighted by molar-refractivity contribution is 5.29. The first-order valence-corrected chi connectivity index (χ1v) is 7.11. The monoisotopic (exact) mass is 252 g/mol. The van der Waals surface area contributed by atoms with E-state index in [1.54, 1.807) is 0 Å². The number of fused-ring (bicyclic) bond motifs is 3. The summed E-state index contributed by atoms with van der Waals surface area (Å²) in [6.45, 7) is 8.26. The number of ether oxygens (including phenoxy) is 1. The summed E-state index contributed by atoms with van der Waals surface area (Å²) in [5.74, 6) is 1.31. The first-order chi connectivity index (χ1) is 8.46. The Bertz CT molecular complexity index is 380. The molecule has 0 aromatic rings. The lowest BCUT2D eigenvalue weighted by Gasteiger charge is -2.43. The fourth-order valence-electron chi connectivity index (χ4n) is 4.62. The van der Waals surface area contributed by atoms with E-state index in [0.717, 1.165) is 6.42 Å². The summed E-state index contributed by atoms with van der Waals surface area (Å²) in [6, 6.07) is 0. The zero-order valence-electron chi connectivity index (χ0n) is 11.4. The molecule has 3 aliphatic rings. The zero-order chi connectivity index (χ0) is 13.1. The first-order valence-electron chi connectivity index (χ1n) is 7.11. The molecule has 2 saturated carbocycles. The number of hydrogen-bond donors (Lipinski definition) is 2. The largest absolute Gasteiger partial charge is 0.392 e. The van der Waals surface area contributed by atoms with E-state index >= 15 is 0 Å². The molecule has 0 spiro atoms. The number of hydrogen-bond acceptors (Lipinski definition) is 3. The Kier molecular flexibility index (Phi) is 2.68. The van der Waals surface area contributed by atoms with Crippen LogP contribution in [0.4, 0.5) is 0 Å². The van der Waals surface area contributed by atoms with Gasteiger partial charge >= 0.3 is 0 Å². The average Bonchev–Trinajstić information content (AvgIpc) is 3.04. The standard InChI is InChI=1S/C15H24O3/c1-9(8-16)12(17)15-7-11-6-4-5-10(2)14(11,3)13(15)18-15/h10-13,16-17H,1,4-8H2,2-3H3. The van der Waals surface area contributed by atoms with Gasteiger partial charge in [-0.25, -0.2) is 0 Å². The molecular weight excluding hydrogens is 228 g/mol. The van der Waals surface area contributed by atoms with Gasteiger partial charge in [-0.2, -0.15) is 0 Å². The molecule has 1 heterocycles. The van der Waals surface area contributed by atoms with Gasteiger partial charge in [0.1, 0.15) is 11.7 Å². The van der Waals surface area contributed by atoms with Gasteiger partial charge in [-0.1, -0.05) is 33.3 Å². The smallest absolute Gasteiger partial charge is 0.125 e. The molecule has 2 N–H and O–H groups in total. The van der Waals surface area contributed by atoms with Crippen molar-refractivity contribution in [3.63, 3.8) is 0 Å². The summed E-state index contributed by atoms with van der Waals surface area (Å²) < 4.78 is 5.95. The molecule has 1 aliphatic heterocycles. The summed E-state index contributed by atoms with van der Waals surface area (Å²) in [5, 5.41) is 19.5. The minimum Gasteiger partial charge on any atom is -0.392 e. The Morgan fingerprint density at radius 1 is 1.50 bits per heavy atom. The Morgan fingerprint density at radius 3 is 2.83 bits per heavy atom. The van der Waals surface area contributed by atoms with Crippen LogP contribution in [0.3, 0.4) is 0 Å². The lowest BCUT2D eigenvalue weighted by atomic mass is 9.63. The first kappa shape index (κ1) is 12.6. The van der Waals surface area contributed by atoms with Crippen LogP contribution in [0.25, 0.3) is 0 Å². The molecular formula is C15H24O3. The highest BCUT2D eigenvalue weighted by Crippen LogP contribution is 2.69. The molecule has 0 aromatic heterocycles. The van der Waals surface area contributed by atoms with Gasteiger partial charge in [0.05, 0.1) is 12.7 Å². The van der Waals surface area contributed by atoms with Crippen molar-refractivity contribution in [2.45, 2.75) is 57.3 Å². The molecule has 2 aliphatic carbocycles. The van der Waals surface area contributed by atoms with E-state index in [1.165, 1.54) is 19.3 Å². The summed E-state index contributed by atoms with van der Waals surface area (Å²) in [5.41, 5.74) is 0.264. The number of aliphatic hydroxyl groups is 2. The summed E-state index contributed by atoms with van der Waals surface area (Å²) >= 11 is 0. The van der Waals surface area contributed by atoms with Gasteiger partial charge in [-0.05, 0) is 30.3 Å². The lowest BCUT2D eigenvalue weighted by Crippen LogP contribution is -2.39. The Labute approximate surface area is 109 Å². The van der Waals surface area contributed by atoms with Crippen molar-refractivity contribution in [1.82, 2.24) is 0 Å². The van der Waals surface area contributed by atoms with Gasteiger partial charge in [0.25, 0.3) is 0 Å². The molecule has 3 heteroatoms. The predicted octanol–water partition coefficient (Wildman–Crippen LogP) is 1.88. The van der Waals surface area contributed by atoms with Crippen molar-refractivity contribution in [1.29, 1.82) is 0 Å². The highest BCUT2D eigenvalue weighted by atomic mass is 16.6. The topological polar surface area (TPSA) is 53.0 Å². The van der Waals surface area contributed by atoms with Crippen LogP contribution in [0.15, 0.2) is 12.2 Å². The molecule has 18 heavy (non-hydrogen) atoms. The number of aliphatic hydroxyl groups excluding tert-OH is 2. The van der Waals surface area contributed by atoms with Crippen LogP contribution in [0, 0.1) is 17.3 Å². The maximum absolute atomic E-state index is 10.4. The van der Waals surface area contributed by atoms with Crippen LogP contribution in [0.2, 0.25) is 0 Å². The fourth-order valence-corrected chi connectivity index (χ4v) is 4.62. The maximum Gasteiger partial charge on any atom is 0.125 e. The molecule has 0 bridgehead atoms. The highest BCUT2D eigenvalue weighted by Gasteiger charge is 2.76. The van der Waals surface area contributed by atoms with Gasteiger partial charge in [0, 0.05) is 5.41 Å². The molecule has 1 saturated heterocycles. The predicted molar refractivity (Wildman–Crippen MR) is 69.1 cm³/mol. The second-order valence-corrected chi connectivity index (χ2v) is 6.77. The number of epoxide rings is 1.